The van der Waals surface area contributed by atoms with Crippen molar-refractivity contribution in [3.63, 3.8) is 0 Å². The third-order valence-electron chi connectivity index (χ3n) is 6.24. The van der Waals surface area contributed by atoms with Crippen LogP contribution in [0, 0.1) is 19.8 Å². The van der Waals surface area contributed by atoms with E-state index in [0.29, 0.717) is 6.54 Å². The Kier molecular flexibility index (Phi) is 10.2. The summed E-state index contributed by atoms with van der Waals surface area (Å²) in [4.78, 5) is 42.1. The van der Waals surface area contributed by atoms with E-state index in [2.05, 4.69) is 23.6 Å². The van der Waals surface area contributed by atoms with Gasteiger partial charge in [-0.2, -0.15) is 0 Å². The van der Waals surface area contributed by atoms with E-state index in [9.17, 15) is 14.4 Å². The Bertz CT molecular complexity index is 866. The van der Waals surface area contributed by atoms with E-state index in [1.165, 1.54) is 0 Å². The summed E-state index contributed by atoms with van der Waals surface area (Å²) in [6.07, 6.45) is 3.90. The van der Waals surface area contributed by atoms with Crippen LogP contribution in [-0.2, 0) is 14.3 Å². The lowest BCUT2D eigenvalue weighted by molar-refractivity contribution is -0.148. The minimum atomic E-state index is -0.803. The summed E-state index contributed by atoms with van der Waals surface area (Å²) in [7, 11) is 0. The zero-order chi connectivity index (χ0) is 26.3. The number of nitrogens with zero attached hydrogens (tertiary/aromatic N) is 1. The van der Waals surface area contributed by atoms with Gasteiger partial charge in [-0.05, 0) is 71.8 Å². The van der Waals surface area contributed by atoms with Crippen molar-refractivity contribution in [3.05, 3.63) is 34.9 Å². The standard InChI is InChI=1S/C28H45N3O4/c1-9-10-14-29-25(32)24(21-16-19(4)15-20(5)17-21)31(22-12-11-13-22)26(33)23(18(2)3)30-27(34)35-28(6,7)8/h15-18,22-24H,9-14H2,1-8H3,(H,29,32)(H,30,34). The molecule has 0 aromatic heterocycles. The van der Waals surface area contributed by atoms with Gasteiger partial charge >= 0.3 is 6.09 Å². The number of unbranched alkanes of at least 4 members (excludes halogenated alkanes) is 1. The van der Waals surface area contributed by atoms with Crippen molar-refractivity contribution < 1.29 is 19.1 Å². The molecule has 1 aliphatic carbocycles. The topological polar surface area (TPSA) is 87.7 Å². The van der Waals surface area contributed by atoms with Crippen molar-refractivity contribution >= 4 is 17.9 Å². The van der Waals surface area contributed by atoms with Gasteiger partial charge in [0.1, 0.15) is 17.7 Å². The van der Waals surface area contributed by atoms with E-state index in [1.54, 1.807) is 25.7 Å². The van der Waals surface area contributed by atoms with Gasteiger partial charge < -0.3 is 20.3 Å². The third kappa shape index (κ3) is 8.25. The number of carbonyl (C=O) groups is 3. The summed E-state index contributed by atoms with van der Waals surface area (Å²) in [5.74, 6) is -0.602. The van der Waals surface area contributed by atoms with E-state index >= 15 is 0 Å². The number of aryl methyl sites for hydroxylation is 2. The summed E-state index contributed by atoms with van der Waals surface area (Å²) in [6.45, 7) is 15.8. The van der Waals surface area contributed by atoms with Gasteiger partial charge in [0.05, 0.1) is 0 Å². The first kappa shape index (κ1) is 28.7. The fourth-order valence-corrected chi connectivity index (χ4v) is 4.38. The van der Waals surface area contributed by atoms with Crippen LogP contribution in [0.2, 0.25) is 0 Å². The first-order valence-corrected chi connectivity index (χ1v) is 13.0. The molecule has 196 valence electrons. The molecule has 2 unspecified atom stereocenters. The Morgan fingerprint density at radius 3 is 2.14 bits per heavy atom. The highest BCUT2D eigenvalue weighted by molar-refractivity contribution is 5.92. The van der Waals surface area contributed by atoms with E-state index in [4.69, 9.17) is 4.74 Å². The van der Waals surface area contributed by atoms with Gasteiger partial charge in [-0.15, -0.1) is 0 Å². The molecule has 1 saturated carbocycles. The Labute approximate surface area is 211 Å². The first-order chi connectivity index (χ1) is 16.3. The molecule has 7 nitrogen and oxygen atoms in total. The molecule has 1 fully saturated rings. The zero-order valence-electron chi connectivity index (χ0n) is 22.9. The lowest BCUT2D eigenvalue weighted by Gasteiger charge is -2.44. The Morgan fingerprint density at radius 1 is 1.09 bits per heavy atom. The quantitative estimate of drug-likeness (QED) is 0.445. The van der Waals surface area contributed by atoms with Crippen molar-refractivity contribution in [1.82, 2.24) is 15.5 Å². The minimum absolute atomic E-state index is 0.0491. The van der Waals surface area contributed by atoms with Crippen molar-refractivity contribution in [2.75, 3.05) is 6.54 Å². The normalized spacial score (nSPS) is 15.7. The summed E-state index contributed by atoms with van der Waals surface area (Å²) in [5.41, 5.74) is 2.21. The fraction of sp³-hybridized carbons (Fsp3) is 0.679. The minimum Gasteiger partial charge on any atom is -0.444 e. The largest absolute Gasteiger partial charge is 0.444 e. The third-order valence-corrected chi connectivity index (χ3v) is 6.24. The SMILES string of the molecule is CCCCNC(=O)C(c1cc(C)cc(C)c1)N(C(=O)C(NC(=O)OC(C)(C)C)C(C)C)C1CCC1. The number of nitrogens with one attached hydrogen (secondary N) is 2. The maximum atomic E-state index is 14.1. The smallest absolute Gasteiger partial charge is 0.408 e. The molecule has 35 heavy (non-hydrogen) atoms. The number of amides is 3. The van der Waals surface area contributed by atoms with E-state index in [0.717, 1.165) is 48.8 Å². The van der Waals surface area contributed by atoms with Gasteiger partial charge in [0, 0.05) is 12.6 Å². The van der Waals surface area contributed by atoms with Crippen molar-refractivity contribution in [1.29, 1.82) is 0 Å². The van der Waals surface area contributed by atoms with Crippen LogP contribution in [0.5, 0.6) is 0 Å². The van der Waals surface area contributed by atoms with Crippen molar-refractivity contribution in [2.24, 2.45) is 5.92 Å². The van der Waals surface area contributed by atoms with E-state index in [-0.39, 0.29) is 23.8 Å². The Morgan fingerprint density at radius 2 is 1.69 bits per heavy atom. The monoisotopic (exact) mass is 487 g/mol. The Balaban J connectivity index is 2.48. The molecule has 2 N–H and O–H groups in total. The maximum Gasteiger partial charge on any atom is 0.408 e. The molecule has 0 aliphatic heterocycles. The van der Waals surface area contributed by atoms with Crippen LogP contribution in [-0.4, -0.2) is 47.0 Å². The molecule has 0 heterocycles. The zero-order valence-corrected chi connectivity index (χ0v) is 22.9. The fourth-order valence-electron chi connectivity index (χ4n) is 4.38. The second kappa shape index (κ2) is 12.4. The molecular formula is C28H45N3O4. The Hall–Kier alpha value is -2.57. The molecule has 7 heteroatoms. The molecular weight excluding hydrogens is 442 g/mol. The average molecular weight is 488 g/mol. The molecule has 2 atom stereocenters. The molecule has 0 saturated heterocycles. The number of alkyl carbamates (subject to hydrolysis) is 1. The number of carbonyl (C=O) groups excluding carboxylic acids is 3. The molecule has 0 spiro atoms. The maximum absolute atomic E-state index is 14.1. The molecule has 1 aromatic rings. The van der Waals surface area contributed by atoms with Gasteiger partial charge in [0.2, 0.25) is 11.8 Å². The lowest BCUT2D eigenvalue weighted by Crippen LogP contribution is -2.58. The van der Waals surface area contributed by atoms with Gasteiger partial charge in [-0.3, -0.25) is 9.59 Å². The second-order valence-corrected chi connectivity index (χ2v) is 11.2. The van der Waals surface area contributed by atoms with Crippen molar-refractivity contribution in [2.45, 2.75) is 111 Å². The van der Waals surface area contributed by atoms with Crippen molar-refractivity contribution in [3.8, 4) is 0 Å². The number of benzene rings is 1. The number of hydrogen-bond donors (Lipinski definition) is 2. The number of hydrogen-bond acceptors (Lipinski definition) is 4. The highest BCUT2D eigenvalue weighted by Crippen LogP contribution is 2.35. The summed E-state index contributed by atoms with van der Waals surface area (Å²) in [6, 6.07) is 4.43. The van der Waals surface area contributed by atoms with Crippen LogP contribution in [0.15, 0.2) is 18.2 Å². The molecule has 3 amide bonds. The van der Waals surface area contributed by atoms with Gasteiger partial charge in [-0.1, -0.05) is 56.5 Å². The van der Waals surface area contributed by atoms with Crippen LogP contribution >= 0.6 is 0 Å². The highest BCUT2D eigenvalue weighted by atomic mass is 16.6. The van der Waals surface area contributed by atoms with Gasteiger partial charge in [0.15, 0.2) is 0 Å². The lowest BCUT2D eigenvalue weighted by atomic mass is 9.86. The van der Waals surface area contributed by atoms with Crippen LogP contribution < -0.4 is 10.6 Å². The van der Waals surface area contributed by atoms with Gasteiger partial charge in [-0.25, -0.2) is 4.79 Å². The molecule has 2 rings (SSSR count). The molecule has 1 aliphatic rings. The van der Waals surface area contributed by atoms with E-state index in [1.807, 2.05) is 39.8 Å². The molecule has 1 aromatic carbocycles. The second-order valence-electron chi connectivity index (χ2n) is 11.2. The molecule has 0 radical (unpaired) electrons. The average Bonchev–Trinajstić information content (AvgIpc) is 2.67. The summed E-state index contributed by atoms with van der Waals surface area (Å²) < 4.78 is 5.44. The van der Waals surface area contributed by atoms with E-state index < -0.39 is 23.8 Å². The van der Waals surface area contributed by atoms with Crippen LogP contribution in [0.3, 0.4) is 0 Å². The number of ether oxygens (including phenoxy) is 1. The first-order valence-electron chi connectivity index (χ1n) is 13.0. The van der Waals surface area contributed by atoms with Crippen LogP contribution in [0.1, 0.15) is 96.4 Å². The summed E-state index contributed by atoms with van der Waals surface area (Å²) >= 11 is 0. The number of rotatable bonds is 10. The van der Waals surface area contributed by atoms with Crippen LogP contribution in [0.25, 0.3) is 0 Å². The predicted molar refractivity (Wildman–Crippen MR) is 139 cm³/mol. The van der Waals surface area contributed by atoms with Crippen LogP contribution in [0.4, 0.5) is 4.79 Å². The highest BCUT2D eigenvalue weighted by Gasteiger charge is 2.42. The predicted octanol–water partition coefficient (Wildman–Crippen LogP) is 5.19. The van der Waals surface area contributed by atoms with Gasteiger partial charge in [0.25, 0.3) is 0 Å². The molecule has 0 bridgehead atoms. The summed E-state index contributed by atoms with van der Waals surface area (Å²) in [5, 5.41) is 5.85.